The largest absolute Gasteiger partial charge is 0.478 e. The molecule has 0 saturated heterocycles. The molecule has 17 heavy (non-hydrogen) atoms. The molecule has 1 rings (SSSR count). The van der Waals surface area contributed by atoms with E-state index in [0.717, 1.165) is 0 Å². The molecule has 0 aliphatic carbocycles. The number of aromatic nitrogens is 1. The summed E-state index contributed by atoms with van der Waals surface area (Å²) in [7, 11) is 0. The number of nitrogens with one attached hydrogen (secondary N) is 1. The van der Waals surface area contributed by atoms with Crippen molar-refractivity contribution in [2.45, 2.75) is 13.8 Å². The molecule has 0 spiro atoms. The fourth-order valence-corrected chi connectivity index (χ4v) is 1.37. The average molecular weight is 259 g/mol. The number of halogens is 1. The van der Waals surface area contributed by atoms with Gasteiger partial charge in [-0.2, -0.15) is 0 Å². The zero-order valence-corrected chi connectivity index (χ0v) is 10.5. The molecule has 5 nitrogen and oxygen atoms in total. The van der Waals surface area contributed by atoms with E-state index < -0.39 is 5.97 Å². The van der Waals surface area contributed by atoms with Gasteiger partial charge in [0.2, 0.25) is 0 Å². The number of carboxylic acid groups (broad SMARTS) is 1. The lowest BCUT2D eigenvalue weighted by atomic mass is 9.95. The van der Waals surface area contributed by atoms with Crippen LogP contribution in [0.4, 0.5) is 5.82 Å². The van der Waals surface area contributed by atoms with Crippen molar-refractivity contribution >= 4 is 23.4 Å². The van der Waals surface area contributed by atoms with Gasteiger partial charge in [-0.15, -0.1) is 0 Å². The number of carboxylic acids is 1. The molecule has 1 aromatic heterocycles. The van der Waals surface area contributed by atoms with Gasteiger partial charge >= 0.3 is 5.97 Å². The van der Waals surface area contributed by atoms with Crippen molar-refractivity contribution in [3.05, 3.63) is 22.8 Å². The lowest BCUT2D eigenvalue weighted by Gasteiger charge is -2.22. The van der Waals surface area contributed by atoms with Crippen LogP contribution < -0.4 is 5.32 Å². The molecule has 0 radical (unpaired) electrons. The first-order valence-corrected chi connectivity index (χ1v) is 5.48. The molecular formula is C11H15ClN2O3. The van der Waals surface area contributed by atoms with Crippen molar-refractivity contribution < 1.29 is 15.0 Å². The predicted molar refractivity (Wildman–Crippen MR) is 65.6 cm³/mol. The average Bonchev–Trinajstić information content (AvgIpc) is 2.27. The number of aliphatic hydroxyl groups excluding tert-OH is 1. The second-order valence-corrected chi connectivity index (χ2v) is 4.88. The predicted octanol–water partition coefficient (Wildman–Crippen LogP) is 1.86. The minimum Gasteiger partial charge on any atom is -0.478 e. The summed E-state index contributed by atoms with van der Waals surface area (Å²) < 4.78 is 0. The molecular weight excluding hydrogens is 244 g/mol. The lowest BCUT2D eigenvalue weighted by Crippen LogP contribution is -2.27. The molecule has 1 heterocycles. The highest BCUT2D eigenvalue weighted by Crippen LogP contribution is 2.25. The van der Waals surface area contributed by atoms with Crippen LogP contribution in [-0.4, -0.2) is 34.3 Å². The normalized spacial score (nSPS) is 11.3. The minimum absolute atomic E-state index is 0.00553. The van der Waals surface area contributed by atoms with Crippen LogP contribution >= 0.6 is 11.6 Å². The number of aromatic carboxylic acids is 1. The second-order valence-electron chi connectivity index (χ2n) is 4.50. The number of carbonyl (C=O) groups is 1. The van der Waals surface area contributed by atoms with E-state index in [0.29, 0.717) is 12.4 Å². The summed E-state index contributed by atoms with van der Waals surface area (Å²) in [6, 6.07) is 1.34. The van der Waals surface area contributed by atoms with Crippen LogP contribution in [0.3, 0.4) is 0 Å². The van der Waals surface area contributed by atoms with Crippen LogP contribution in [0.25, 0.3) is 0 Å². The number of aliphatic hydroxyl groups is 1. The fraction of sp³-hybridized carbons (Fsp3) is 0.455. The number of hydrogen-bond donors (Lipinski definition) is 3. The number of pyridine rings is 1. The molecule has 0 saturated carbocycles. The summed E-state index contributed by atoms with van der Waals surface area (Å²) in [5.41, 5.74) is -0.324. The monoisotopic (exact) mass is 258 g/mol. The quantitative estimate of drug-likeness (QED) is 0.751. The van der Waals surface area contributed by atoms with E-state index in [1.165, 1.54) is 12.3 Å². The number of hydrogen-bond acceptors (Lipinski definition) is 4. The molecule has 0 bridgehead atoms. The van der Waals surface area contributed by atoms with Gasteiger partial charge in [-0.25, -0.2) is 9.78 Å². The van der Waals surface area contributed by atoms with Gasteiger partial charge in [0.05, 0.1) is 10.6 Å². The van der Waals surface area contributed by atoms with Crippen LogP contribution in [0, 0.1) is 5.41 Å². The van der Waals surface area contributed by atoms with Gasteiger partial charge in [0.1, 0.15) is 5.82 Å². The highest BCUT2D eigenvalue weighted by Gasteiger charge is 2.18. The molecule has 6 heteroatoms. The van der Waals surface area contributed by atoms with Crippen molar-refractivity contribution in [2.75, 3.05) is 18.5 Å². The smallest absolute Gasteiger partial charge is 0.337 e. The summed E-state index contributed by atoms with van der Waals surface area (Å²) in [6.07, 6.45) is 1.38. The van der Waals surface area contributed by atoms with E-state index >= 15 is 0 Å². The maximum atomic E-state index is 10.9. The second kappa shape index (κ2) is 5.33. The SMILES string of the molecule is CC(C)(CO)CNc1nccc(C(=O)O)c1Cl. The molecule has 1 aromatic rings. The van der Waals surface area contributed by atoms with E-state index in [-0.39, 0.29) is 22.6 Å². The molecule has 3 N–H and O–H groups in total. The van der Waals surface area contributed by atoms with E-state index in [2.05, 4.69) is 10.3 Å². The van der Waals surface area contributed by atoms with E-state index in [4.69, 9.17) is 21.8 Å². The first kappa shape index (κ1) is 13.7. The Kier molecular flexibility index (Phi) is 4.31. The van der Waals surface area contributed by atoms with Crippen LogP contribution in [-0.2, 0) is 0 Å². The molecule has 0 aliphatic rings. The van der Waals surface area contributed by atoms with Crippen LogP contribution in [0.1, 0.15) is 24.2 Å². The Morgan fingerprint density at radius 1 is 1.59 bits per heavy atom. The topological polar surface area (TPSA) is 82.5 Å². The van der Waals surface area contributed by atoms with Crippen molar-refractivity contribution in [2.24, 2.45) is 5.41 Å². The third-order valence-corrected chi connectivity index (χ3v) is 2.66. The molecule has 94 valence electrons. The van der Waals surface area contributed by atoms with E-state index in [9.17, 15) is 4.79 Å². The highest BCUT2D eigenvalue weighted by atomic mass is 35.5. The first-order chi connectivity index (χ1) is 7.87. The Balaban J connectivity index is 2.86. The third-order valence-electron chi connectivity index (χ3n) is 2.28. The maximum Gasteiger partial charge on any atom is 0.337 e. The molecule has 0 aliphatic heterocycles. The molecule has 0 atom stereocenters. The lowest BCUT2D eigenvalue weighted by molar-refractivity contribution is 0.0697. The van der Waals surface area contributed by atoms with E-state index in [1.807, 2.05) is 13.8 Å². The number of nitrogens with zero attached hydrogens (tertiary/aromatic N) is 1. The summed E-state index contributed by atoms with van der Waals surface area (Å²) >= 11 is 5.91. The molecule has 0 aromatic carbocycles. The molecule has 0 fully saturated rings. The molecule has 0 amide bonds. The summed E-state index contributed by atoms with van der Waals surface area (Å²) in [6.45, 7) is 4.19. The maximum absolute atomic E-state index is 10.9. The van der Waals surface area contributed by atoms with E-state index in [1.54, 1.807) is 0 Å². The standard InChI is InChI=1S/C11H15ClN2O3/c1-11(2,6-15)5-14-9-8(12)7(10(16)17)3-4-13-9/h3-4,15H,5-6H2,1-2H3,(H,13,14)(H,16,17). The van der Waals surface area contributed by atoms with Gasteiger partial charge in [0.15, 0.2) is 0 Å². The first-order valence-electron chi connectivity index (χ1n) is 5.10. The summed E-state index contributed by atoms with van der Waals surface area (Å²) in [4.78, 5) is 14.8. The number of anilines is 1. The fourth-order valence-electron chi connectivity index (χ4n) is 1.11. The summed E-state index contributed by atoms with van der Waals surface area (Å²) in [5.74, 6) is -0.782. The minimum atomic E-state index is -1.10. The van der Waals surface area contributed by atoms with Crippen molar-refractivity contribution in [3.8, 4) is 0 Å². The van der Waals surface area contributed by atoms with Gasteiger partial charge in [-0.05, 0) is 6.07 Å². The van der Waals surface area contributed by atoms with Gasteiger partial charge in [0, 0.05) is 24.8 Å². The van der Waals surface area contributed by atoms with Gasteiger partial charge < -0.3 is 15.5 Å². The van der Waals surface area contributed by atoms with Crippen LogP contribution in [0.15, 0.2) is 12.3 Å². The van der Waals surface area contributed by atoms with Crippen molar-refractivity contribution in [1.82, 2.24) is 4.98 Å². The Hall–Kier alpha value is -1.33. The van der Waals surface area contributed by atoms with Crippen LogP contribution in [0.2, 0.25) is 5.02 Å². The van der Waals surface area contributed by atoms with Crippen LogP contribution in [0.5, 0.6) is 0 Å². The zero-order chi connectivity index (χ0) is 13.1. The van der Waals surface area contributed by atoms with Gasteiger partial charge in [-0.1, -0.05) is 25.4 Å². The Labute approximate surface area is 104 Å². The Morgan fingerprint density at radius 2 is 2.24 bits per heavy atom. The third kappa shape index (κ3) is 3.57. The summed E-state index contributed by atoms with van der Waals surface area (Å²) in [5, 5.41) is 21.0. The highest BCUT2D eigenvalue weighted by molar-refractivity contribution is 6.35. The zero-order valence-electron chi connectivity index (χ0n) is 9.70. The Bertz CT molecular complexity index is 421. The van der Waals surface area contributed by atoms with Crippen molar-refractivity contribution in [3.63, 3.8) is 0 Å². The van der Waals surface area contributed by atoms with Gasteiger partial charge in [0.25, 0.3) is 0 Å². The molecule has 0 unspecified atom stereocenters. The van der Waals surface area contributed by atoms with Crippen molar-refractivity contribution in [1.29, 1.82) is 0 Å². The Morgan fingerprint density at radius 3 is 2.76 bits per heavy atom. The van der Waals surface area contributed by atoms with Gasteiger partial charge in [-0.3, -0.25) is 0 Å². The number of rotatable bonds is 5.